The first-order chi connectivity index (χ1) is 14.5. The Kier molecular flexibility index (Phi) is 5.95. The van der Waals surface area contributed by atoms with Crippen molar-refractivity contribution in [3.8, 4) is 0 Å². The van der Waals surface area contributed by atoms with E-state index in [1.54, 1.807) is 6.07 Å². The molecule has 0 unspecified atom stereocenters. The van der Waals surface area contributed by atoms with E-state index in [9.17, 15) is 9.18 Å². The van der Waals surface area contributed by atoms with E-state index in [0.717, 1.165) is 61.4 Å². The summed E-state index contributed by atoms with van der Waals surface area (Å²) in [5.41, 5.74) is 4.48. The van der Waals surface area contributed by atoms with Crippen LogP contribution in [0.5, 0.6) is 0 Å². The van der Waals surface area contributed by atoms with E-state index in [-0.39, 0.29) is 11.7 Å². The molecule has 0 spiro atoms. The number of carbonyl (C=O) groups is 1. The second-order valence-corrected chi connectivity index (χ2v) is 7.88. The lowest BCUT2D eigenvalue weighted by Gasteiger charge is -2.36. The van der Waals surface area contributed by atoms with Crippen LogP contribution in [0.15, 0.2) is 48.5 Å². The van der Waals surface area contributed by atoms with Gasteiger partial charge < -0.3 is 10.2 Å². The van der Waals surface area contributed by atoms with Crippen molar-refractivity contribution in [2.24, 2.45) is 0 Å². The topological polar surface area (TPSA) is 48.5 Å². The highest BCUT2D eigenvalue weighted by Crippen LogP contribution is 2.30. The summed E-state index contributed by atoms with van der Waals surface area (Å²) in [5, 5.41) is 3.71. The normalized spacial score (nSPS) is 14.8. The number of hydrogen-bond acceptors (Lipinski definition) is 4. The predicted molar refractivity (Wildman–Crippen MR) is 120 cm³/mol. The first-order valence-corrected chi connectivity index (χ1v) is 10.4. The molecule has 1 N–H and O–H groups in total. The molecular formula is C24H27FN4O. The lowest BCUT2D eigenvalue weighted by Crippen LogP contribution is -2.47. The molecule has 0 bridgehead atoms. The molecule has 1 aliphatic rings. The standard InChI is InChI=1S/C24H27FN4O/c1-17-6-7-21-23(26-17)9-8-22(25)24(21)29-14-12-28(13-15-29)11-10-19-4-3-5-20(16-19)27-18(2)30/h3-9,16H,10-15H2,1-2H3,(H,27,30). The Bertz CT molecular complexity index is 1060. The van der Waals surface area contributed by atoms with Crippen LogP contribution in [0.3, 0.4) is 0 Å². The van der Waals surface area contributed by atoms with Gasteiger partial charge in [-0.2, -0.15) is 0 Å². The van der Waals surface area contributed by atoms with Crippen LogP contribution in [0.25, 0.3) is 10.9 Å². The largest absolute Gasteiger partial charge is 0.366 e. The Labute approximate surface area is 176 Å². The van der Waals surface area contributed by atoms with Gasteiger partial charge in [-0.3, -0.25) is 14.7 Å². The number of carbonyl (C=O) groups excluding carboxylic acids is 1. The van der Waals surface area contributed by atoms with E-state index in [1.165, 1.54) is 18.6 Å². The monoisotopic (exact) mass is 406 g/mol. The van der Waals surface area contributed by atoms with Gasteiger partial charge in [0.1, 0.15) is 5.82 Å². The van der Waals surface area contributed by atoms with Crippen molar-refractivity contribution in [3.63, 3.8) is 0 Å². The van der Waals surface area contributed by atoms with Crippen LogP contribution in [0, 0.1) is 12.7 Å². The second kappa shape index (κ2) is 8.79. The average Bonchev–Trinajstić information content (AvgIpc) is 2.73. The molecule has 0 aliphatic carbocycles. The van der Waals surface area contributed by atoms with Gasteiger partial charge in [-0.1, -0.05) is 12.1 Å². The molecule has 5 nitrogen and oxygen atoms in total. The number of nitrogens with zero attached hydrogens (tertiary/aromatic N) is 3. The molecule has 0 radical (unpaired) electrons. The Hall–Kier alpha value is -2.99. The second-order valence-electron chi connectivity index (χ2n) is 7.88. The first kappa shape index (κ1) is 20.3. The maximum atomic E-state index is 14.7. The van der Waals surface area contributed by atoms with Gasteiger partial charge in [0.15, 0.2) is 0 Å². The highest BCUT2D eigenvalue weighted by atomic mass is 19.1. The van der Waals surface area contributed by atoms with Crippen molar-refractivity contribution >= 4 is 28.2 Å². The summed E-state index contributed by atoms with van der Waals surface area (Å²) in [6, 6.07) is 15.2. The van der Waals surface area contributed by atoms with Crippen molar-refractivity contribution < 1.29 is 9.18 Å². The highest BCUT2D eigenvalue weighted by Gasteiger charge is 2.21. The van der Waals surface area contributed by atoms with Crippen LogP contribution in [-0.2, 0) is 11.2 Å². The van der Waals surface area contributed by atoms with Crippen LogP contribution in [0.1, 0.15) is 18.2 Å². The molecule has 2 aromatic carbocycles. The van der Waals surface area contributed by atoms with Gasteiger partial charge in [0.05, 0.1) is 11.2 Å². The van der Waals surface area contributed by atoms with Crippen molar-refractivity contribution in [2.45, 2.75) is 20.3 Å². The zero-order chi connectivity index (χ0) is 21.1. The molecule has 1 amide bonds. The lowest BCUT2D eigenvalue weighted by molar-refractivity contribution is -0.114. The number of halogens is 1. The van der Waals surface area contributed by atoms with Gasteiger partial charge in [-0.15, -0.1) is 0 Å². The highest BCUT2D eigenvalue weighted by molar-refractivity contribution is 5.92. The van der Waals surface area contributed by atoms with Crippen LogP contribution in [0.4, 0.5) is 15.8 Å². The number of amides is 1. The number of rotatable bonds is 5. The van der Waals surface area contributed by atoms with Gasteiger partial charge in [-0.25, -0.2) is 4.39 Å². The average molecular weight is 407 g/mol. The molecule has 1 fully saturated rings. The minimum Gasteiger partial charge on any atom is -0.366 e. The molecule has 0 saturated carbocycles. The predicted octanol–water partition coefficient (Wildman–Crippen LogP) is 4.01. The number of nitrogens with one attached hydrogen (secondary N) is 1. The summed E-state index contributed by atoms with van der Waals surface area (Å²) >= 11 is 0. The molecule has 4 rings (SSSR count). The molecule has 6 heteroatoms. The number of piperazine rings is 1. The summed E-state index contributed by atoms with van der Waals surface area (Å²) in [7, 11) is 0. The minimum absolute atomic E-state index is 0.0608. The first-order valence-electron chi connectivity index (χ1n) is 10.4. The maximum Gasteiger partial charge on any atom is 0.221 e. The Balaban J connectivity index is 1.39. The summed E-state index contributed by atoms with van der Waals surface area (Å²) in [4.78, 5) is 20.3. The SMILES string of the molecule is CC(=O)Nc1cccc(CCN2CCN(c3c(F)ccc4nc(C)ccc34)CC2)c1. The van der Waals surface area contributed by atoms with Gasteiger partial charge in [0, 0.05) is 56.4 Å². The number of anilines is 2. The van der Waals surface area contributed by atoms with E-state index in [2.05, 4.69) is 26.2 Å². The Morgan fingerprint density at radius 2 is 1.90 bits per heavy atom. The van der Waals surface area contributed by atoms with Crippen molar-refractivity contribution in [1.82, 2.24) is 9.88 Å². The van der Waals surface area contributed by atoms with Gasteiger partial charge >= 0.3 is 0 Å². The van der Waals surface area contributed by atoms with Gasteiger partial charge in [-0.05, 0) is 55.3 Å². The summed E-state index contributed by atoms with van der Waals surface area (Å²) in [6.07, 6.45) is 0.916. The quantitative estimate of drug-likeness (QED) is 0.696. The third kappa shape index (κ3) is 4.60. The van der Waals surface area contributed by atoms with Gasteiger partial charge in [0.25, 0.3) is 0 Å². The van der Waals surface area contributed by atoms with Crippen LogP contribution < -0.4 is 10.2 Å². The van der Waals surface area contributed by atoms with Crippen LogP contribution in [-0.4, -0.2) is 48.5 Å². The fourth-order valence-electron chi connectivity index (χ4n) is 4.08. The third-order valence-corrected chi connectivity index (χ3v) is 5.59. The number of hydrogen-bond donors (Lipinski definition) is 1. The van der Waals surface area contributed by atoms with Gasteiger partial charge in [0.2, 0.25) is 5.91 Å². The molecule has 0 atom stereocenters. The van der Waals surface area contributed by atoms with Crippen molar-refractivity contribution in [3.05, 3.63) is 65.6 Å². The number of aromatic nitrogens is 1. The molecule has 2 heterocycles. The van der Waals surface area contributed by atoms with Crippen LogP contribution >= 0.6 is 0 Å². The van der Waals surface area contributed by atoms with E-state index >= 15 is 0 Å². The summed E-state index contributed by atoms with van der Waals surface area (Å²) in [5.74, 6) is -0.245. The molecule has 1 aliphatic heterocycles. The molecule has 1 aromatic heterocycles. The maximum absolute atomic E-state index is 14.7. The fourth-order valence-corrected chi connectivity index (χ4v) is 4.08. The number of pyridine rings is 1. The van der Waals surface area contributed by atoms with E-state index in [1.807, 2.05) is 37.3 Å². The molecule has 30 heavy (non-hydrogen) atoms. The Morgan fingerprint density at radius 1 is 1.10 bits per heavy atom. The molecule has 156 valence electrons. The molecule has 3 aromatic rings. The Morgan fingerprint density at radius 3 is 2.67 bits per heavy atom. The van der Waals surface area contributed by atoms with Crippen LogP contribution in [0.2, 0.25) is 0 Å². The zero-order valence-electron chi connectivity index (χ0n) is 17.5. The number of aryl methyl sites for hydroxylation is 1. The third-order valence-electron chi connectivity index (χ3n) is 5.59. The number of fused-ring (bicyclic) bond motifs is 1. The zero-order valence-corrected chi connectivity index (χ0v) is 17.5. The van der Waals surface area contributed by atoms with Crippen molar-refractivity contribution in [1.29, 1.82) is 0 Å². The number of benzene rings is 2. The summed E-state index contributed by atoms with van der Waals surface area (Å²) < 4.78 is 14.7. The fraction of sp³-hybridized carbons (Fsp3) is 0.333. The van der Waals surface area contributed by atoms with E-state index < -0.39 is 0 Å². The van der Waals surface area contributed by atoms with Crippen molar-refractivity contribution in [2.75, 3.05) is 42.9 Å². The minimum atomic E-state index is -0.184. The lowest BCUT2D eigenvalue weighted by atomic mass is 10.1. The van der Waals surface area contributed by atoms with E-state index in [4.69, 9.17) is 0 Å². The molecule has 1 saturated heterocycles. The molecular weight excluding hydrogens is 379 g/mol. The smallest absolute Gasteiger partial charge is 0.221 e. The summed E-state index contributed by atoms with van der Waals surface area (Å²) in [6.45, 7) is 7.76. The van der Waals surface area contributed by atoms with E-state index in [0.29, 0.717) is 5.69 Å².